The van der Waals surface area contributed by atoms with Crippen LogP contribution in [0.1, 0.15) is 43.9 Å². The Labute approximate surface area is 211 Å². The molecular formula is C29H28N2O4S. The zero-order chi connectivity index (χ0) is 26.1. The van der Waals surface area contributed by atoms with E-state index < -0.39 is 15.9 Å². The van der Waals surface area contributed by atoms with Gasteiger partial charge in [0.05, 0.1) is 0 Å². The Bertz CT molecular complexity index is 1550. The van der Waals surface area contributed by atoms with Crippen molar-refractivity contribution in [2.75, 3.05) is 0 Å². The van der Waals surface area contributed by atoms with E-state index in [-0.39, 0.29) is 32.5 Å². The predicted molar refractivity (Wildman–Crippen MR) is 139 cm³/mol. The maximum atomic E-state index is 13.2. The maximum Gasteiger partial charge on any atom is 0.378 e. The molecule has 0 saturated carbocycles. The molecule has 0 fully saturated rings. The standard InChI is InChI=1S/C29H28N2O4S/c1-19(2)18-29(4,21-10-8-20(3)9-11-21)22-12-14-23(15-13-22)35-36(33,34)27-7-5-6-25-24(27)16-17-26(31-30)28(25)32/h5-17,19H,18H2,1-4H3. The fourth-order valence-corrected chi connectivity index (χ4v) is 5.92. The summed E-state index contributed by atoms with van der Waals surface area (Å²) < 4.78 is 31.8. The molecule has 1 unspecified atom stereocenters. The predicted octanol–water partition coefficient (Wildman–Crippen LogP) is 6.83. The Hall–Kier alpha value is -3.89. The molecule has 0 spiro atoms. The van der Waals surface area contributed by atoms with Crippen LogP contribution >= 0.6 is 0 Å². The van der Waals surface area contributed by atoms with Crippen LogP contribution in [0.25, 0.3) is 15.7 Å². The van der Waals surface area contributed by atoms with E-state index in [0.29, 0.717) is 5.92 Å². The number of benzene rings is 4. The quantitative estimate of drug-likeness (QED) is 0.205. The molecule has 36 heavy (non-hydrogen) atoms. The third kappa shape index (κ3) is 4.77. The Morgan fingerprint density at radius 1 is 0.917 bits per heavy atom. The number of diazo groups is 1. The third-order valence-electron chi connectivity index (χ3n) is 6.53. The number of rotatable bonds is 7. The van der Waals surface area contributed by atoms with Crippen molar-refractivity contribution >= 4 is 26.6 Å². The number of hydrogen-bond acceptors (Lipinski definition) is 5. The molecule has 4 aromatic rings. The van der Waals surface area contributed by atoms with Gasteiger partial charge in [-0.1, -0.05) is 74.9 Å². The Morgan fingerprint density at radius 3 is 2.11 bits per heavy atom. The summed E-state index contributed by atoms with van der Waals surface area (Å²) in [4.78, 5) is 2.83. The highest BCUT2D eigenvalue weighted by Gasteiger charge is 2.30. The molecule has 6 nitrogen and oxygen atoms in total. The van der Waals surface area contributed by atoms with Crippen LogP contribution in [0, 0.1) is 18.2 Å². The number of fused-ring (bicyclic) bond motifs is 1. The van der Waals surface area contributed by atoms with Crippen LogP contribution in [0.15, 0.2) is 83.8 Å². The van der Waals surface area contributed by atoms with E-state index in [2.05, 4.69) is 56.9 Å². The maximum absolute atomic E-state index is 13.2. The molecule has 0 saturated heterocycles. The molecule has 0 bridgehead atoms. The van der Waals surface area contributed by atoms with E-state index in [1.807, 2.05) is 12.1 Å². The van der Waals surface area contributed by atoms with Gasteiger partial charge >= 0.3 is 15.8 Å². The average Bonchev–Trinajstić information content (AvgIpc) is 2.84. The zero-order valence-electron chi connectivity index (χ0n) is 20.7. The topological polar surface area (TPSA) is 94.6 Å². The van der Waals surface area contributed by atoms with Gasteiger partial charge in [0.25, 0.3) is 0 Å². The number of nitrogens with zero attached hydrogens (tertiary/aromatic N) is 2. The minimum Gasteiger partial charge on any atom is -0.867 e. The molecule has 0 aromatic heterocycles. The smallest absolute Gasteiger partial charge is 0.378 e. The molecule has 1 atom stereocenters. The van der Waals surface area contributed by atoms with Gasteiger partial charge in [0, 0.05) is 16.9 Å². The summed E-state index contributed by atoms with van der Waals surface area (Å²) in [5, 5.41) is 21.8. The summed E-state index contributed by atoms with van der Waals surface area (Å²) in [5.74, 6) is 0.0665. The van der Waals surface area contributed by atoms with Crippen molar-refractivity contribution in [3.63, 3.8) is 0 Å². The molecule has 4 rings (SSSR count). The van der Waals surface area contributed by atoms with Crippen LogP contribution < -0.4 is 9.29 Å². The summed E-state index contributed by atoms with van der Waals surface area (Å²) in [5.41, 5.74) is 3.03. The molecular weight excluding hydrogens is 472 g/mol. The summed E-state index contributed by atoms with van der Waals surface area (Å²) in [6, 6.07) is 22.7. The van der Waals surface area contributed by atoms with Crippen LogP contribution in [0.5, 0.6) is 11.5 Å². The van der Waals surface area contributed by atoms with Crippen LogP contribution in [0.3, 0.4) is 0 Å². The molecule has 0 N–H and O–H groups in total. The largest absolute Gasteiger partial charge is 0.867 e. The van der Waals surface area contributed by atoms with Crippen LogP contribution in [-0.4, -0.2) is 8.42 Å². The first-order valence-corrected chi connectivity index (χ1v) is 13.2. The van der Waals surface area contributed by atoms with Crippen molar-refractivity contribution in [2.24, 2.45) is 5.92 Å². The average molecular weight is 501 g/mol. The molecule has 0 aliphatic heterocycles. The lowest BCUT2D eigenvalue weighted by molar-refractivity contribution is -0.264. The second-order valence-corrected chi connectivity index (χ2v) is 11.2. The first-order chi connectivity index (χ1) is 17.0. The molecule has 0 amide bonds. The lowest BCUT2D eigenvalue weighted by atomic mass is 9.71. The molecule has 0 aliphatic rings. The second kappa shape index (κ2) is 9.63. The number of aryl methyl sites for hydroxylation is 1. The van der Waals surface area contributed by atoms with Crippen molar-refractivity contribution in [1.29, 1.82) is 5.39 Å². The molecule has 184 valence electrons. The Morgan fingerprint density at radius 2 is 1.53 bits per heavy atom. The minimum absolute atomic E-state index is 0.130. The van der Waals surface area contributed by atoms with Gasteiger partial charge in [-0.05, 0) is 65.8 Å². The molecule has 0 radical (unpaired) electrons. The first-order valence-electron chi connectivity index (χ1n) is 11.7. The van der Waals surface area contributed by atoms with E-state index in [1.54, 1.807) is 12.1 Å². The third-order valence-corrected chi connectivity index (χ3v) is 7.84. The fourth-order valence-electron chi connectivity index (χ4n) is 4.78. The lowest BCUT2D eigenvalue weighted by Gasteiger charge is -2.33. The van der Waals surface area contributed by atoms with Crippen molar-refractivity contribution in [3.8, 4) is 11.5 Å². The van der Waals surface area contributed by atoms with Gasteiger partial charge < -0.3 is 9.29 Å². The molecule has 7 heteroatoms. The van der Waals surface area contributed by atoms with E-state index in [1.165, 1.54) is 41.5 Å². The molecule has 0 aliphatic carbocycles. The summed E-state index contributed by atoms with van der Waals surface area (Å²) in [6.07, 6.45) is 0.921. The highest BCUT2D eigenvalue weighted by molar-refractivity contribution is 7.87. The minimum atomic E-state index is -4.23. The summed E-state index contributed by atoms with van der Waals surface area (Å²) in [7, 11) is -4.23. The van der Waals surface area contributed by atoms with Gasteiger partial charge in [-0.25, -0.2) is 0 Å². The fraction of sp³-hybridized carbons (Fsp3) is 0.241. The van der Waals surface area contributed by atoms with Gasteiger partial charge in [-0.3, -0.25) is 0 Å². The normalized spacial score (nSPS) is 13.3. The SMILES string of the molecule is Cc1ccc(C(C)(CC(C)C)c2ccc(OS(=O)(=O)c3cccc4c([O-])c([N+]#N)ccc34)cc2)cc1. The van der Waals surface area contributed by atoms with E-state index in [4.69, 9.17) is 9.58 Å². The Kier molecular flexibility index (Phi) is 6.75. The van der Waals surface area contributed by atoms with Crippen molar-refractivity contribution < 1.29 is 17.7 Å². The number of hydrogen-bond donors (Lipinski definition) is 0. The van der Waals surface area contributed by atoms with Crippen molar-refractivity contribution in [2.45, 2.75) is 44.4 Å². The van der Waals surface area contributed by atoms with Gasteiger partial charge in [0.15, 0.2) is 4.98 Å². The van der Waals surface area contributed by atoms with Gasteiger partial charge in [-0.2, -0.15) is 8.42 Å². The molecule has 0 heterocycles. The first kappa shape index (κ1) is 25.2. The van der Waals surface area contributed by atoms with Crippen LogP contribution in [0.2, 0.25) is 0 Å². The van der Waals surface area contributed by atoms with Crippen molar-refractivity contribution in [1.82, 2.24) is 0 Å². The highest BCUT2D eigenvalue weighted by Crippen LogP contribution is 2.39. The monoisotopic (exact) mass is 500 g/mol. The van der Waals surface area contributed by atoms with Crippen molar-refractivity contribution in [3.05, 3.63) is 101 Å². The summed E-state index contributed by atoms with van der Waals surface area (Å²) >= 11 is 0. The van der Waals surface area contributed by atoms with Gasteiger partial charge in [-0.15, -0.1) is 0 Å². The summed E-state index contributed by atoms with van der Waals surface area (Å²) in [6.45, 7) is 8.63. The van der Waals surface area contributed by atoms with E-state index >= 15 is 0 Å². The van der Waals surface area contributed by atoms with E-state index in [0.717, 1.165) is 12.0 Å². The van der Waals surface area contributed by atoms with Gasteiger partial charge in [0.1, 0.15) is 10.6 Å². The van der Waals surface area contributed by atoms with Crippen LogP contribution in [-0.2, 0) is 15.5 Å². The van der Waals surface area contributed by atoms with E-state index in [9.17, 15) is 13.5 Å². The lowest BCUT2D eigenvalue weighted by Crippen LogP contribution is -2.25. The second-order valence-electron chi connectivity index (χ2n) is 9.72. The van der Waals surface area contributed by atoms with Gasteiger partial charge in [0.2, 0.25) is 5.39 Å². The Balaban J connectivity index is 1.68. The van der Waals surface area contributed by atoms with Crippen LogP contribution in [0.4, 0.5) is 5.69 Å². The highest BCUT2D eigenvalue weighted by atomic mass is 32.2. The zero-order valence-corrected chi connectivity index (χ0v) is 21.5. The molecule has 4 aromatic carbocycles.